The van der Waals surface area contributed by atoms with Crippen LogP contribution in [0.4, 0.5) is 5.00 Å². The van der Waals surface area contributed by atoms with Crippen molar-refractivity contribution in [2.75, 3.05) is 12.5 Å². The SMILES string of the molecule is Nc1cc(-c2ccc3c(c2)OCO3)cs1. The normalized spacial score (nSPS) is 13.1. The molecule has 1 aromatic carbocycles. The lowest BCUT2D eigenvalue weighted by Crippen LogP contribution is -1.92. The van der Waals surface area contributed by atoms with Crippen LogP contribution >= 0.6 is 11.3 Å². The standard InChI is InChI=1S/C11H9NO2S/c12-11-4-8(5-15-11)7-1-2-9-10(3-7)14-6-13-9/h1-5H,6,12H2. The molecular formula is C11H9NO2S. The third-order valence-corrected chi connectivity index (χ3v) is 3.09. The molecule has 1 aliphatic rings. The number of thiophene rings is 1. The highest BCUT2D eigenvalue weighted by Gasteiger charge is 2.13. The fraction of sp³-hybridized carbons (Fsp3) is 0.0909. The number of hydrogen-bond donors (Lipinski definition) is 1. The molecule has 76 valence electrons. The van der Waals surface area contributed by atoms with E-state index < -0.39 is 0 Å². The Balaban J connectivity index is 2.06. The van der Waals surface area contributed by atoms with Crippen LogP contribution in [0.5, 0.6) is 11.5 Å². The second kappa shape index (κ2) is 3.17. The average Bonchev–Trinajstić information content (AvgIpc) is 2.84. The second-order valence-electron chi connectivity index (χ2n) is 3.31. The zero-order chi connectivity index (χ0) is 10.3. The molecule has 15 heavy (non-hydrogen) atoms. The van der Waals surface area contributed by atoms with Crippen molar-refractivity contribution in [2.45, 2.75) is 0 Å². The predicted molar refractivity (Wildman–Crippen MR) is 60.3 cm³/mol. The summed E-state index contributed by atoms with van der Waals surface area (Å²) in [6.07, 6.45) is 0. The highest BCUT2D eigenvalue weighted by atomic mass is 32.1. The number of fused-ring (bicyclic) bond motifs is 1. The summed E-state index contributed by atoms with van der Waals surface area (Å²) in [6, 6.07) is 7.87. The molecule has 0 spiro atoms. The van der Waals surface area contributed by atoms with Crippen LogP contribution in [0.1, 0.15) is 0 Å². The van der Waals surface area contributed by atoms with Gasteiger partial charge in [-0.2, -0.15) is 0 Å². The number of anilines is 1. The van der Waals surface area contributed by atoms with Gasteiger partial charge in [-0.3, -0.25) is 0 Å². The fourth-order valence-electron chi connectivity index (χ4n) is 1.58. The highest BCUT2D eigenvalue weighted by molar-refractivity contribution is 7.14. The van der Waals surface area contributed by atoms with Crippen molar-refractivity contribution in [2.24, 2.45) is 0 Å². The lowest BCUT2D eigenvalue weighted by molar-refractivity contribution is 0.174. The van der Waals surface area contributed by atoms with Gasteiger partial charge in [0.05, 0.1) is 5.00 Å². The molecule has 0 saturated heterocycles. The molecule has 2 N–H and O–H groups in total. The largest absolute Gasteiger partial charge is 0.454 e. The molecule has 0 atom stereocenters. The molecule has 1 aliphatic heterocycles. The number of rotatable bonds is 1. The van der Waals surface area contributed by atoms with Gasteiger partial charge in [0.2, 0.25) is 6.79 Å². The fourth-order valence-corrected chi connectivity index (χ4v) is 2.24. The third-order valence-electron chi connectivity index (χ3n) is 2.33. The Morgan fingerprint density at radius 1 is 1.07 bits per heavy atom. The molecular weight excluding hydrogens is 210 g/mol. The molecule has 0 radical (unpaired) electrons. The molecule has 0 bridgehead atoms. The van der Waals surface area contributed by atoms with E-state index in [0.29, 0.717) is 6.79 Å². The zero-order valence-electron chi connectivity index (χ0n) is 7.90. The summed E-state index contributed by atoms with van der Waals surface area (Å²) in [5, 5.41) is 2.86. The lowest BCUT2D eigenvalue weighted by atomic mass is 10.1. The second-order valence-corrected chi connectivity index (χ2v) is 4.25. The van der Waals surface area contributed by atoms with Crippen LogP contribution in [-0.4, -0.2) is 6.79 Å². The first-order valence-electron chi connectivity index (χ1n) is 4.57. The van der Waals surface area contributed by atoms with Crippen LogP contribution in [0.3, 0.4) is 0 Å². The van der Waals surface area contributed by atoms with E-state index in [4.69, 9.17) is 15.2 Å². The molecule has 0 aliphatic carbocycles. The molecule has 0 amide bonds. The molecule has 2 aromatic rings. The zero-order valence-corrected chi connectivity index (χ0v) is 8.71. The van der Waals surface area contributed by atoms with Gasteiger partial charge in [-0.25, -0.2) is 0 Å². The van der Waals surface area contributed by atoms with Crippen molar-refractivity contribution in [1.82, 2.24) is 0 Å². The van der Waals surface area contributed by atoms with E-state index >= 15 is 0 Å². The Kier molecular flexibility index (Phi) is 1.82. The number of benzene rings is 1. The first kappa shape index (κ1) is 8.61. The summed E-state index contributed by atoms with van der Waals surface area (Å²) in [5.74, 6) is 1.61. The van der Waals surface area contributed by atoms with Gasteiger partial charge in [0.15, 0.2) is 11.5 Å². The lowest BCUT2D eigenvalue weighted by Gasteiger charge is -1.99. The van der Waals surface area contributed by atoms with Gasteiger partial charge in [-0.1, -0.05) is 6.07 Å². The average molecular weight is 219 g/mol. The maximum Gasteiger partial charge on any atom is 0.231 e. The van der Waals surface area contributed by atoms with Gasteiger partial charge in [-0.05, 0) is 29.3 Å². The Morgan fingerprint density at radius 2 is 1.93 bits per heavy atom. The molecule has 0 fully saturated rings. The molecule has 0 saturated carbocycles. The molecule has 1 aromatic heterocycles. The van der Waals surface area contributed by atoms with Crippen LogP contribution in [0.2, 0.25) is 0 Å². The highest BCUT2D eigenvalue weighted by Crippen LogP contribution is 2.37. The van der Waals surface area contributed by atoms with Crippen LogP contribution < -0.4 is 15.2 Å². The van der Waals surface area contributed by atoms with Crippen molar-refractivity contribution in [3.63, 3.8) is 0 Å². The van der Waals surface area contributed by atoms with Crippen LogP contribution in [-0.2, 0) is 0 Å². The summed E-state index contributed by atoms with van der Waals surface area (Å²) < 4.78 is 10.6. The summed E-state index contributed by atoms with van der Waals surface area (Å²) >= 11 is 1.54. The van der Waals surface area contributed by atoms with E-state index in [1.165, 1.54) is 11.3 Å². The quantitative estimate of drug-likeness (QED) is 0.802. The minimum atomic E-state index is 0.310. The van der Waals surface area contributed by atoms with Gasteiger partial charge in [-0.15, -0.1) is 11.3 Å². The van der Waals surface area contributed by atoms with Crippen LogP contribution in [0.15, 0.2) is 29.6 Å². The third kappa shape index (κ3) is 1.43. The van der Waals surface area contributed by atoms with Crippen molar-refractivity contribution in [3.8, 4) is 22.6 Å². The summed E-state index contributed by atoms with van der Waals surface area (Å²) in [5.41, 5.74) is 7.92. The van der Waals surface area contributed by atoms with Crippen molar-refractivity contribution in [3.05, 3.63) is 29.6 Å². The van der Waals surface area contributed by atoms with Crippen LogP contribution in [0.25, 0.3) is 11.1 Å². The first-order valence-corrected chi connectivity index (χ1v) is 5.45. The molecule has 3 nitrogen and oxygen atoms in total. The van der Waals surface area contributed by atoms with E-state index in [9.17, 15) is 0 Å². The molecule has 4 heteroatoms. The summed E-state index contributed by atoms with van der Waals surface area (Å²) in [4.78, 5) is 0. The van der Waals surface area contributed by atoms with Crippen molar-refractivity contribution in [1.29, 1.82) is 0 Å². The molecule has 2 heterocycles. The Morgan fingerprint density at radius 3 is 2.73 bits per heavy atom. The van der Waals surface area contributed by atoms with Crippen molar-refractivity contribution < 1.29 is 9.47 Å². The first-order chi connectivity index (χ1) is 7.33. The van der Waals surface area contributed by atoms with Gasteiger partial charge in [0.1, 0.15) is 0 Å². The van der Waals surface area contributed by atoms with E-state index in [1.807, 2.05) is 29.6 Å². The van der Waals surface area contributed by atoms with Gasteiger partial charge in [0, 0.05) is 5.38 Å². The molecule has 3 rings (SSSR count). The predicted octanol–water partition coefficient (Wildman–Crippen LogP) is 2.73. The molecule has 0 unspecified atom stereocenters. The minimum absolute atomic E-state index is 0.310. The monoisotopic (exact) mass is 219 g/mol. The maximum absolute atomic E-state index is 5.69. The smallest absolute Gasteiger partial charge is 0.231 e. The summed E-state index contributed by atoms with van der Waals surface area (Å²) in [7, 11) is 0. The van der Waals surface area contributed by atoms with Gasteiger partial charge < -0.3 is 15.2 Å². The van der Waals surface area contributed by atoms with E-state index in [-0.39, 0.29) is 0 Å². The maximum atomic E-state index is 5.69. The number of hydrogen-bond acceptors (Lipinski definition) is 4. The van der Waals surface area contributed by atoms with Gasteiger partial charge >= 0.3 is 0 Å². The van der Waals surface area contributed by atoms with E-state index in [0.717, 1.165) is 27.6 Å². The number of nitrogen functional groups attached to an aromatic ring is 1. The topological polar surface area (TPSA) is 44.5 Å². The Bertz CT molecular complexity index is 507. The van der Waals surface area contributed by atoms with Crippen LogP contribution in [0, 0.1) is 0 Å². The van der Waals surface area contributed by atoms with E-state index in [1.54, 1.807) is 0 Å². The van der Waals surface area contributed by atoms with E-state index in [2.05, 4.69) is 0 Å². The Labute approximate surface area is 91.1 Å². The van der Waals surface area contributed by atoms with Crippen molar-refractivity contribution >= 4 is 16.3 Å². The Hall–Kier alpha value is -1.68. The van der Waals surface area contributed by atoms with Gasteiger partial charge in [0.25, 0.3) is 0 Å². The summed E-state index contributed by atoms with van der Waals surface area (Å²) in [6.45, 7) is 0.310. The number of nitrogens with two attached hydrogens (primary N) is 1. The minimum Gasteiger partial charge on any atom is -0.454 e. The number of ether oxygens (including phenoxy) is 2.